The predicted octanol–water partition coefficient (Wildman–Crippen LogP) is 3.29. The molecule has 0 aliphatic carbocycles. The van der Waals surface area contributed by atoms with E-state index in [1.807, 2.05) is 0 Å². The monoisotopic (exact) mass is 293 g/mol. The third kappa shape index (κ3) is 5.38. The molecule has 0 spiro atoms. The van der Waals surface area contributed by atoms with Crippen LogP contribution in [0, 0.1) is 11.8 Å². The van der Waals surface area contributed by atoms with Crippen LogP contribution >= 0.6 is 0 Å². The number of nitrogens with two attached hydrogens (primary N) is 1. The number of benzene rings is 1. The van der Waals surface area contributed by atoms with E-state index in [2.05, 4.69) is 13.8 Å². The van der Waals surface area contributed by atoms with E-state index in [9.17, 15) is 4.79 Å². The Morgan fingerprint density at radius 3 is 2.10 bits per heavy atom. The van der Waals surface area contributed by atoms with E-state index in [1.54, 1.807) is 32.4 Å². The minimum absolute atomic E-state index is 0.120. The smallest absolute Gasteiger partial charge is 0.163 e. The fraction of sp³-hybridized carbons (Fsp3) is 0.588. The molecule has 0 radical (unpaired) electrons. The lowest BCUT2D eigenvalue weighted by molar-refractivity contribution is 0.0968. The normalized spacial score (nSPS) is 12.3. The molecule has 0 saturated heterocycles. The van der Waals surface area contributed by atoms with Gasteiger partial charge in [0.25, 0.3) is 0 Å². The minimum atomic E-state index is 0.120. The van der Waals surface area contributed by atoms with Crippen molar-refractivity contribution in [3.05, 3.63) is 23.8 Å². The van der Waals surface area contributed by atoms with Crippen molar-refractivity contribution in [2.75, 3.05) is 20.8 Å². The first-order valence-corrected chi connectivity index (χ1v) is 7.48. The number of hydrogen-bond acceptors (Lipinski definition) is 4. The van der Waals surface area contributed by atoms with Gasteiger partial charge in [0.05, 0.1) is 14.2 Å². The Bertz CT molecular complexity index is 435. The van der Waals surface area contributed by atoms with E-state index >= 15 is 0 Å². The molecule has 0 fully saturated rings. The molecule has 0 aliphatic heterocycles. The molecular formula is C17H27NO3. The van der Waals surface area contributed by atoms with Gasteiger partial charge in [-0.1, -0.05) is 13.8 Å². The molecule has 1 atom stereocenters. The van der Waals surface area contributed by atoms with Gasteiger partial charge in [-0.3, -0.25) is 4.79 Å². The molecule has 1 aromatic rings. The Morgan fingerprint density at radius 1 is 1.10 bits per heavy atom. The first-order chi connectivity index (χ1) is 10.0. The fourth-order valence-corrected chi connectivity index (χ4v) is 2.45. The van der Waals surface area contributed by atoms with Crippen molar-refractivity contribution in [1.82, 2.24) is 0 Å². The highest BCUT2D eigenvalue weighted by Crippen LogP contribution is 2.26. The summed E-state index contributed by atoms with van der Waals surface area (Å²) in [5, 5.41) is 0. The van der Waals surface area contributed by atoms with Crippen molar-refractivity contribution in [3.8, 4) is 11.5 Å². The van der Waals surface area contributed by atoms with Gasteiger partial charge in [0.15, 0.2) is 5.78 Å². The van der Waals surface area contributed by atoms with E-state index in [0.717, 1.165) is 12.8 Å². The van der Waals surface area contributed by atoms with Crippen molar-refractivity contribution >= 4 is 5.78 Å². The number of hydrogen-bond donors (Lipinski definition) is 1. The third-order valence-corrected chi connectivity index (χ3v) is 3.90. The zero-order chi connectivity index (χ0) is 15.8. The van der Waals surface area contributed by atoms with E-state index in [1.165, 1.54) is 0 Å². The van der Waals surface area contributed by atoms with Gasteiger partial charge in [0, 0.05) is 18.1 Å². The number of ketones is 1. The van der Waals surface area contributed by atoms with Gasteiger partial charge in [-0.05, 0) is 43.4 Å². The van der Waals surface area contributed by atoms with Crippen LogP contribution in [-0.4, -0.2) is 26.5 Å². The molecule has 0 amide bonds. The van der Waals surface area contributed by atoms with Crippen LogP contribution in [0.1, 0.15) is 43.5 Å². The molecule has 0 heterocycles. The maximum Gasteiger partial charge on any atom is 0.163 e. The zero-order valence-corrected chi connectivity index (χ0v) is 13.5. The van der Waals surface area contributed by atoms with E-state index < -0.39 is 0 Å². The summed E-state index contributed by atoms with van der Waals surface area (Å²) in [6.07, 6.45) is 2.36. The highest BCUT2D eigenvalue weighted by Gasteiger charge is 2.16. The third-order valence-electron chi connectivity index (χ3n) is 3.90. The van der Waals surface area contributed by atoms with Gasteiger partial charge in [-0.15, -0.1) is 0 Å². The maximum atomic E-state index is 12.4. The highest BCUT2D eigenvalue weighted by molar-refractivity contribution is 5.96. The Labute approximate surface area is 127 Å². The van der Waals surface area contributed by atoms with Crippen LogP contribution in [0.2, 0.25) is 0 Å². The SMILES string of the molecule is COc1cc(OC)cc(C(=O)CCC(CCN)C(C)C)c1. The first kappa shape index (κ1) is 17.5. The number of methoxy groups -OCH3 is 2. The number of Topliss-reactive ketones (excluding diaryl/α,β-unsaturated/α-hetero) is 1. The lowest BCUT2D eigenvalue weighted by Gasteiger charge is -2.19. The van der Waals surface area contributed by atoms with Crippen molar-refractivity contribution < 1.29 is 14.3 Å². The molecule has 0 aliphatic rings. The number of carbonyl (C=O) groups is 1. The molecule has 0 aromatic heterocycles. The summed E-state index contributed by atoms with van der Waals surface area (Å²) in [6.45, 7) is 5.03. The summed E-state index contributed by atoms with van der Waals surface area (Å²) in [5.41, 5.74) is 6.28. The minimum Gasteiger partial charge on any atom is -0.497 e. The first-order valence-electron chi connectivity index (χ1n) is 7.48. The molecular weight excluding hydrogens is 266 g/mol. The van der Waals surface area contributed by atoms with Crippen molar-refractivity contribution in [2.45, 2.75) is 33.1 Å². The van der Waals surface area contributed by atoms with Crippen molar-refractivity contribution in [2.24, 2.45) is 17.6 Å². The van der Waals surface area contributed by atoms with E-state index in [-0.39, 0.29) is 5.78 Å². The van der Waals surface area contributed by atoms with E-state index in [4.69, 9.17) is 15.2 Å². The second-order valence-electron chi connectivity index (χ2n) is 5.64. The molecule has 2 N–H and O–H groups in total. The Hall–Kier alpha value is -1.55. The molecule has 118 valence electrons. The molecule has 4 nitrogen and oxygen atoms in total. The van der Waals surface area contributed by atoms with Crippen LogP contribution in [0.15, 0.2) is 18.2 Å². The van der Waals surface area contributed by atoms with Gasteiger partial charge in [-0.2, -0.15) is 0 Å². The summed E-state index contributed by atoms with van der Waals surface area (Å²) in [5.74, 6) is 2.43. The Kier molecular flexibility index (Phi) is 7.23. The second kappa shape index (κ2) is 8.67. The quantitative estimate of drug-likeness (QED) is 0.710. The highest BCUT2D eigenvalue weighted by atomic mass is 16.5. The standard InChI is InChI=1S/C17H27NO3/c1-12(2)13(7-8-18)5-6-17(19)14-9-15(20-3)11-16(10-14)21-4/h9-13H,5-8,18H2,1-4H3. The molecule has 0 saturated carbocycles. The molecule has 1 rings (SSSR count). The predicted molar refractivity (Wildman–Crippen MR) is 85.1 cm³/mol. The average Bonchev–Trinajstić information content (AvgIpc) is 2.50. The molecule has 4 heteroatoms. The van der Waals surface area contributed by atoms with Crippen LogP contribution in [-0.2, 0) is 0 Å². The zero-order valence-electron chi connectivity index (χ0n) is 13.5. The van der Waals surface area contributed by atoms with Crippen LogP contribution in [0.25, 0.3) is 0 Å². The van der Waals surface area contributed by atoms with Gasteiger partial charge in [-0.25, -0.2) is 0 Å². The average molecular weight is 293 g/mol. The second-order valence-corrected chi connectivity index (χ2v) is 5.64. The van der Waals surface area contributed by atoms with Crippen LogP contribution < -0.4 is 15.2 Å². The summed E-state index contributed by atoms with van der Waals surface area (Å²) in [6, 6.07) is 5.29. The molecule has 0 bridgehead atoms. The van der Waals surface area contributed by atoms with E-state index in [0.29, 0.717) is 41.9 Å². The lowest BCUT2D eigenvalue weighted by atomic mass is 9.87. The van der Waals surface area contributed by atoms with Gasteiger partial charge in [0.1, 0.15) is 11.5 Å². The summed E-state index contributed by atoms with van der Waals surface area (Å²) in [7, 11) is 3.16. The van der Waals surface area contributed by atoms with Crippen LogP contribution in [0.3, 0.4) is 0 Å². The van der Waals surface area contributed by atoms with Crippen LogP contribution in [0.5, 0.6) is 11.5 Å². The largest absolute Gasteiger partial charge is 0.497 e. The molecule has 1 aromatic carbocycles. The number of ether oxygens (including phenoxy) is 2. The molecule has 1 unspecified atom stereocenters. The lowest BCUT2D eigenvalue weighted by Crippen LogP contribution is -2.16. The Balaban J connectivity index is 2.74. The fourth-order valence-electron chi connectivity index (χ4n) is 2.45. The topological polar surface area (TPSA) is 61.5 Å². The molecule has 21 heavy (non-hydrogen) atoms. The summed E-state index contributed by atoms with van der Waals surface area (Å²) < 4.78 is 10.4. The van der Waals surface area contributed by atoms with Gasteiger partial charge < -0.3 is 15.2 Å². The van der Waals surface area contributed by atoms with Gasteiger partial charge in [0.2, 0.25) is 0 Å². The van der Waals surface area contributed by atoms with Crippen LogP contribution in [0.4, 0.5) is 0 Å². The summed E-state index contributed by atoms with van der Waals surface area (Å²) >= 11 is 0. The van der Waals surface area contributed by atoms with Gasteiger partial charge >= 0.3 is 0 Å². The Morgan fingerprint density at radius 2 is 1.67 bits per heavy atom. The number of rotatable bonds is 9. The maximum absolute atomic E-state index is 12.4. The summed E-state index contributed by atoms with van der Waals surface area (Å²) in [4.78, 5) is 12.4. The number of carbonyl (C=O) groups excluding carboxylic acids is 1. The van der Waals surface area contributed by atoms with Crippen molar-refractivity contribution in [3.63, 3.8) is 0 Å². The van der Waals surface area contributed by atoms with Crippen molar-refractivity contribution in [1.29, 1.82) is 0 Å².